The van der Waals surface area contributed by atoms with Crippen molar-refractivity contribution in [3.05, 3.63) is 47.3 Å². The lowest BCUT2D eigenvalue weighted by Crippen LogP contribution is -2.39. The maximum atomic E-state index is 13.0. The van der Waals surface area contributed by atoms with Gasteiger partial charge in [0.05, 0.1) is 6.54 Å². The van der Waals surface area contributed by atoms with E-state index in [2.05, 4.69) is 22.3 Å². The van der Waals surface area contributed by atoms with Crippen LogP contribution >= 0.6 is 0 Å². The Labute approximate surface area is 135 Å². The SMILES string of the molecule is COCc1nc2n(n1)CC(NCC(C)c1ccc(F)cc1)CC2. The molecule has 2 unspecified atom stereocenters. The Morgan fingerprint density at radius 1 is 1.39 bits per heavy atom. The van der Waals surface area contributed by atoms with Crippen LogP contribution in [0.15, 0.2) is 24.3 Å². The summed E-state index contributed by atoms with van der Waals surface area (Å²) >= 11 is 0. The smallest absolute Gasteiger partial charge is 0.176 e. The number of aromatic nitrogens is 3. The van der Waals surface area contributed by atoms with Crippen LogP contribution in [0.1, 0.15) is 36.5 Å². The zero-order valence-electron chi connectivity index (χ0n) is 13.6. The molecule has 1 aliphatic rings. The summed E-state index contributed by atoms with van der Waals surface area (Å²) in [5.74, 6) is 1.95. The molecule has 23 heavy (non-hydrogen) atoms. The van der Waals surface area contributed by atoms with Crippen molar-refractivity contribution in [2.45, 2.75) is 44.9 Å². The Kier molecular flexibility index (Phi) is 5.03. The Hall–Kier alpha value is -1.79. The molecule has 0 amide bonds. The molecule has 0 saturated carbocycles. The first-order chi connectivity index (χ1) is 11.2. The third-order valence-corrected chi connectivity index (χ3v) is 4.33. The molecule has 1 aliphatic heterocycles. The van der Waals surface area contributed by atoms with E-state index in [0.29, 0.717) is 18.6 Å². The lowest BCUT2D eigenvalue weighted by atomic mass is 10.00. The Bertz CT molecular complexity index is 641. The van der Waals surface area contributed by atoms with Gasteiger partial charge in [-0.1, -0.05) is 19.1 Å². The van der Waals surface area contributed by atoms with Crippen LogP contribution in [0.5, 0.6) is 0 Å². The average molecular weight is 318 g/mol. The van der Waals surface area contributed by atoms with Crippen LogP contribution in [0, 0.1) is 5.82 Å². The molecule has 0 aliphatic carbocycles. The highest BCUT2D eigenvalue weighted by atomic mass is 19.1. The quantitative estimate of drug-likeness (QED) is 0.888. The molecule has 2 aromatic rings. The topological polar surface area (TPSA) is 52.0 Å². The van der Waals surface area contributed by atoms with Gasteiger partial charge in [-0.15, -0.1) is 0 Å². The van der Waals surface area contributed by atoms with Crippen molar-refractivity contribution in [2.24, 2.45) is 0 Å². The Balaban J connectivity index is 1.54. The first kappa shape index (κ1) is 16.1. The van der Waals surface area contributed by atoms with E-state index in [9.17, 15) is 4.39 Å². The maximum Gasteiger partial charge on any atom is 0.176 e. The van der Waals surface area contributed by atoms with Gasteiger partial charge in [0, 0.05) is 26.1 Å². The predicted molar refractivity (Wildman–Crippen MR) is 85.7 cm³/mol. The number of fused-ring (bicyclic) bond motifs is 1. The molecule has 0 fully saturated rings. The minimum atomic E-state index is -0.188. The van der Waals surface area contributed by atoms with E-state index in [0.717, 1.165) is 43.1 Å². The van der Waals surface area contributed by atoms with Crippen molar-refractivity contribution in [2.75, 3.05) is 13.7 Å². The minimum Gasteiger partial charge on any atom is -0.377 e. The van der Waals surface area contributed by atoms with E-state index in [4.69, 9.17) is 4.74 Å². The standard InChI is InChI=1S/C17H23FN4O/c1-12(13-3-5-14(18)6-4-13)9-19-15-7-8-17-20-16(11-23-2)21-22(17)10-15/h3-6,12,15,19H,7-11H2,1-2H3. The summed E-state index contributed by atoms with van der Waals surface area (Å²) in [5, 5.41) is 8.09. The van der Waals surface area contributed by atoms with E-state index in [1.807, 2.05) is 16.8 Å². The fourth-order valence-corrected chi connectivity index (χ4v) is 2.97. The highest BCUT2D eigenvalue weighted by Crippen LogP contribution is 2.17. The second-order valence-corrected chi connectivity index (χ2v) is 6.16. The van der Waals surface area contributed by atoms with Gasteiger partial charge in [-0.2, -0.15) is 5.10 Å². The summed E-state index contributed by atoms with van der Waals surface area (Å²) in [6.07, 6.45) is 1.99. The van der Waals surface area contributed by atoms with Crippen molar-refractivity contribution in [1.82, 2.24) is 20.1 Å². The number of hydrogen-bond acceptors (Lipinski definition) is 4. The minimum absolute atomic E-state index is 0.188. The van der Waals surface area contributed by atoms with Crippen LogP contribution in [0.2, 0.25) is 0 Å². The van der Waals surface area contributed by atoms with Gasteiger partial charge in [-0.3, -0.25) is 0 Å². The van der Waals surface area contributed by atoms with Gasteiger partial charge < -0.3 is 10.1 Å². The van der Waals surface area contributed by atoms with Gasteiger partial charge in [-0.25, -0.2) is 14.1 Å². The van der Waals surface area contributed by atoms with Gasteiger partial charge >= 0.3 is 0 Å². The molecule has 2 atom stereocenters. The number of halogens is 1. The monoisotopic (exact) mass is 318 g/mol. The van der Waals surface area contributed by atoms with Gasteiger partial charge in [0.15, 0.2) is 5.82 Å². The molecular weight excluding hydrogens is 295 g/mol. The first-order valence-electron chi connectivity index (χ1n) is 8.06. The van der Waals surface area contributed by atoms with Gasteiger partial charge in [0.2, 0.25) is 0 Å². The average Bonchev–Trinajstić information content (AvgIpc) is 2.95. The molecule has 1 aromatic carbocycles. The predicted octanol–water partition coefficient (Wildman–Crippen LogP) is 2.27. The summed E-state index contributed by atoms with van der Waals surface area (Å²) in [6.45, 7) is 4.31. The number of nitrogens with zero attached hydrogens (tertiary/aromatic N) is 3. The molecule has 0 radical (unpaired) electrons. The summed E-state index contributed by atoms with van der Waals surface area (Å²) in [7, 11) is 1.65. The van der Waals surface area contributed by atoms with E-state index in [1.54, 1.807) is 7.11 Å². The number of methoxy groups -OCH3 is 1. The molecule has 1 N–H and O–H groups in total. The first-order valence-corrected chi connectivity index (χ1v) is 8.06. The molecule has 5 nitrogen and oxygen atoms in total. The third-order valence-electron chi connectivity index (χ3n) is 4.33. The van der Waals surface area contributed by atoms with Crippen LogP contribution in [0.3, 0.4) is 0 Å². The van der Waals surface area contributed by atoms with E-state index >= 15 is 0 Å². The molecular formula is C17H23FN4O. The number of ether oxygens (including phenoxy) is 1. The summed E-state index contributed by atoms with van der Waals surface area (Å²) in [6, 6.07) is 7.14. The summed E-state index contributed by atoms with van der Waals surface area (Å²) < 4.78 is 20.1. The zero-order valence-corrected chi connectivity index (χ0v) is 13.6. The van der Waals surface area contributed by atoms with Gasteiger partial charge in [-0.05, 0) is 30.0 Å². The second kappa shape index (κ2) is 7.19. The molecule has 0 spiro atoms. The van der Waals surface area contributed by atoms with Crippen molar-refractivity contribution in [3.8, 4) is 0 Å². The third kappa shape index (κ3) is 3.95. The van der Waals surface area contributed by atoms with Crippen LogP contribution in [-0.4, -0.2) is 34.5 Å². The number of aryl methyl sites for hydroxylation is 1. The van der Waals surface area contributed by atoms with Crippen LogP contribution < -0.4 is 5.32 Å². The van der Waals surface area contributed by atoms with Crippen molar-refractivity contribution in [3.63, 3.8) is 0 Å². The molecule has 2 heterocycles. The number of nitrogens with one attached hydrogen (secondary N) is 1. The molecule has 1 aromatic heterocycles. The van der Waals surface area contributed by atoms with Crippen molar-refractivity contribution < 1.29 is 9.13 Å². The van der Waals surface area contributed by atoms with Crippen molar-refractivity contribution >= 4 is 0 Å². The summed E-state index contributed by atoms with van der Waals surface area (Å²) in [4.78, 5) is 4.49. The van der Waals surface area contributed by atoms with Crippen LogP contribution in [0.4, 0.5) is 4.39 Å². The number of hydrogen-bond donors (Lipinski definition) is 1. The largest absolute Gasteiger partial charge is 0.377 e. The second-order valence-electron chi connectivity index (χ2n) is 6.16. The molecule has 124 valence electrons. The van der Waals surface area contributed by atoms with Gasteiger partial charge in [0.1, 0.15) is 18.2 Å². The van der Waals surface area contributed by atoms with Crippen LogP contribution in [-0.2, 0) is 24.3 Å². The molecule has 0 bridgehead atoms. The van der Waals surface area contributed by atoms with E-state index in [1.165, 1.54) is 12.1 Å². The molecule has 3 rings (SSSR count). The fraction of sp³-hybridized carbons (Fsp3) is 0.529. The highest BCUT2D eigenvalue weighted by molar-refractivity contribution is 5.20. The van der Waals surface area contributed by atoms with Gasteiger partial charge in [0.25, 0.3) is 0 Å². The highest BCUT2D eigenvalue weighted by Gasteiger charge is 2.21. The lowest BCUT2D eigenvalue weighted by Gasteiger charge is -2.25. The normalized spacial score (nSPS) is 18.7. The zero-order chi connectivity index (χ0) is 16.2. The summed E-state index contributed by atoms with van der Waals surface area (Å²) in [5.41, 5.74) is 1.15. The molecule has 6 heteroatoms. The molecule has 0 saturated heterocycles. The van der Waals surface area contributed by atoms with Crippen LogP contribution in [0.25, 0.3) is 0 Å². The number of benzene rings is 1. The number of rotatable bonds is 6. The lowest BCUT2D eigenvalue weighted by molar-refractivity contribution is 0.177. The van der Waals surface area contributed by atoms with Crippen molar-refractivity contribution in [1.29, 1.82) is 0 Å². The Morgan fingerprint density at radius 2 is 2.17 bits per heavy atom. The van der Waals surface area contributed by atoms with E-state index < -0.39 is 0 Å². The van der Waals surface area contributed by atoms with E-state index in [-0.39, 0.29) is 5.82 Å². The fourth-order valence-electron chi connectivity index (χ4n) is 2.97. The maximum absolute atomic E-state index is 13.0. The Morgan fingerprint density at radius 3 is 2.91 bits per heavy atom.